The third-order valence-electron chi connectivity index (χ3n) is 3.34. The molecule has 0 fully saturated rings. The van der Waals surface area contributed by atoms with Crippen molar-refractivity contribution in [3.63, 3.8) is 0 Å². The maximum atomic E-state index is 12.0. The Hall–Kier alpha value is -2.88. The molecule has 0 unspecified atom stereocenters. The number of nitrogens with zero attached hydrogens (tertiary/aromatic N) is 1. The van der Waals surface area contributed by atoms with Crippen LogP contribution >= 0.6 is 0 Å². The molecule has 0 radical (unpaired) electrons. The minimum absolute atomic E-state index is 0.0227. The molecule has 4 heteroatoms. The second kappa shape index (κ2) is 6.26. The molecule has 3 aromatic rings. The summed E-state index contributed by atoms with van der Waals surface area (Å²) in [5.74, 6) is 0.524. The standard InChI is InChI=1S/C18H16N2O2/c1-13-5-2-3-7-17(13)22-12-18(21)20-15-9-8-14-6-4-10-19-16(14)11-15/h2-11H,12H2,1H3,(H,20,21). The first kappa shape index (κ1) is 14.1. The maximum Gasteiger partial charge on any atom is 0.262 e. The minimum Gasteiger partial charge on any atom is -0.483 e. The van der Waals surface area contributed by atoms with Crippen molar-refractivity contribution in [2.75, 3.05) is 11.9 Å². The number of nitrogens with one attached hydrogen (secondary N) is 1. The smallest absolute Gasteiger partial charge is 0.262 e. The van der Waals surface area contributed by atoms with Crippen LogP contribution in [0.5, 0.6) is 5.75 Å². The zero-order valence-electron chi connectivity index (χ0n) is 12.2. The Bertz CT molecular complexity index is 815. The lowest BCUT2D eigenvalue weighted by Gasteiger charge is -2.09. The summed E-state index contributed by atoms with van der Waals surface area (Å²) in [5, 5.41) is 3.86. The van der Waals surface area contributed by atoms with Crippen LogP contribution in [0, 0.1) is 6.92 Å². The van der Waals surface area contributed by atoms with Gasteiger partial charge in [-0.2, -0.15) is 0 Å². The summed E-state index contributed by atoms with van der Waals surface area (Å²) in [6.45, 7) is 1.92. The number of carbonyl (C=O) groups is 1. The number of carbonyl (C=O) groups excluding carboxylic acids is 1. The number of ether oxygens (including phenoxy) is 1. The lowest BCUT2D eigenvalue weighted by atomic mass is 10.2. The van der Waals surface area contributed by atoms with Gasteiger partial charge in [-0.15, -0.1) is 0 Å². The number of hydrogen-bond acceptors (Lipinski definition) is 3. The molecular formula is C18H16N2O2. The van der Waals surface area contributed by atoms with Crippen molar-refractivity contribution >= 4 is 22.5 Å². The van der Waals surface area contributed by atoms with E-state index in [2.05, 4.69) is 10.3 Å². The Labute approximate surface area is 128 Å². The van der Waals surface area contributed by atoms with Crippen LogP contribution in [0.3, 0.4) is 0 Å². The number of pyridine rings is 1. The lowest BCUT2D eigenvalue weighted by Crippen LogP contribution is -2.20. The first-order valence-corrected chi connectivity index (χ1v) is 7.05. The van der Waals surface area contributed by atoms with Gasteiger partial charge in [-0.3, -0.25) is 9.78 Å². The van der Waals surface area contributed by atoms with Crippen LogP contribution < -0.4 is 10.1 Å². The topological polar surface area (TPSA) is 51.2 Å². The van der Waals surface area contributed by atoms with E-state index < -0.39 is 0 Å². The van der Waals surface area contributed by atoms with Gasteiger partial charge >= 0.3 is 0 Å². The van der Waals surface area contributed by atoms with Gasteiger partial charge in [0, 0.05) is 17.3 Å². The van der Waals surface area contributed by atoms with E-state index in [9.17, 15) is 4.79 Å². The number of amides is 1. The van der Waals surface area contributed by atoms with Crippen molar-refractivity contribution in [2.24, 2.45) is 0 Å². The highest BCUT2D eigenvalue weighted by molar-refractivity contribution is 5.94. The van der Waals surface area contributed by atoms with Crippen LogP contribution in [0.1, 0.15) is 5.56 Å². The van der Waals surface area contributed by atoms with Crippen molar-refractivity contribution in [2.45, 2.75) is 6.92 Å². The Morgan fingerprint density at radius 1 is 1.14 bits per heavy atom. The molecule has 0 bridgehead atoms. The number of rotatable bonds is 4. The van der Waals surface area contributed by atoms with Gasteiger partial charge < -0.3 is 10.1 Å². The van der Waals surface area contributed by atoms with Gasteiger partial charge in [-0.05, 0) is 36.8 Å². The van der Waals surface area contributed by atoms with Gasteiger partial charge in [-0.1, -0.05) is 30.3 Å². The quantitative estimate of drug-likeness (QED) is 0.800. The third-order valence-corrected chi connectivity index (χ3v) is 3.34. The second-order valence-electron chi connectivity index (χ2n) is 5.01. The number of hydrogen-bond donors (Lipinski definition) is 1. The number of fused-ring (bicyclic) bond motifs is 1. The lowest BCUT2D eigenvalue weighted by molar-refractivity contribution is -0.118. The van der Waals surface area contributed by atoms with Crippen LogP contribution in [0.25, 0.3) is 10.9 Å². The van der Waals surface area contributed by atoms with Crippen LogP contribution in [-0.4, -0.2) is 17.5 Å². The fourth-order valence-corrected chi connectivity index (χ4v) is 2.20. The molecular weight excluding hydrogens is 276 g/mol. The van der Waals surface area contributed by atoms with E-state index in [0.717, 1.165) is 22.2 Å². The van der Waals surface area contributed by atoms with E-state index in [1.807, 2.05) is 61.5 Å². The predicted octanol–water partition coefficient (Wildman–Crippen LogP) is 3.56. The Morgan fingerprint density at radius 3 is 2.86 bits per heavy atom. The van der Waals surface area contributed by atoms with Gasteiger partial charge in [0.2, 0.25) is 0 Å². The van der Waals surface area contributed by atoms with E-state index in [0.29, 0.717) is 5.69 Å². The number of aryl methyl sites for hydroxylation is 1. The average molecular weight is 292 g/mol. The maximum absolute atomic E-state index is 12.0. The molecule has 1 heterocycles. The molecule has 3 rings (SSSR count). The molecule has 0 aliphatic heterocycles. The summed E-state index contributed by atoms with van der Waals surface area (Å²) in [7, 11) is 0. The molecule has 4 nitrogen and oxygen atoms in total. The SMILES string of the molecule is Cc1ccccc1OCC(=O)Nc1ccc2cccnc2c1. The Kier molecular flexibility index (Phi) is 4.01. The summed E-state index contributed by atoms with van der Waals surface area (Å²) >= 11 is 0. The molecule has 0 atom stereocenters. The minimum atomic E-state index is -0.196. The highest BCUT2D eigenvalue weighted by Gasteiger charge is 2.06. The van der Waals surface area contributed by atoms with Crippen LogP contribution in [0.2, 0.25) is 0 Å². The van der Waals surface area contributed by atoms with Gasteiger partial charge in [0.05, 0.1) is 5.52 Å². The van der Waals surface area contributed by atoms with Crippen molar-refractivity contribution in [1.29, 1.82) is 0 Å². The highest BCUT2D eigenvalue weighted by Crippen LogP contribution is 2.18. The van der Waals surface area contributed by atoms with Crippen LogP contribution in [0.15, 0.2) is 60.8 Å². The molecule has 1 aromatic heterocycles. The molecule has 110 valence electrons. The number of anilines is 1. The fraction of sp³-hybridized carbons (Fsp3) is 0.111. The third kappa shape index (κ3) is 3.23. The monoisotopic (exact) mass is 292 g/mol. The number of aromatic nitrogens is 1. The van der Waals surface area contributed by atoms with Gasteiger partial charge in [0.1, 0.15) is 5.75 Å². The molecule has 1 amide bonds. The van der Waals surface area contributed by atoms with E-state index in [-0.39, 0.29) is 12.5 Å². The molecule has 0 aliphatic rings. The summed E-state index contributed by atoms with van der Waals surface area (Å²) < 4.78 is 5.53. The first-order valence-electron chi connectivity index (χ1n) is 7.05. The molecule has 1 N–H and O–H groups in total. The number of benzene rings is 2. The summed E-state index contributed by atoms with van der Waals surface area (Å²) in [5.41, 5.74) is 2.56. The van der Waals surface area contributed by atoms with E-state index >= 15 is 0 Å². The van der Waals surface area contributed by atoms with Crippen LogP contribution in [-0.2, 0) is 4.79 Å². The zero-order chi connectivity index (χ0) is 15.4. The molecule has 22 heavy (non-hydrogen) atoms. The van der Waals surface area contributed by atoms with E-state index in [4.69, 9.17) is 4.74 Å². The van der Waals surface area contributed by atoms with Gasteiger partial charge in [-0.25, -0.2) is 0 Å². The second-order valence-corrected chi connectivity index (χ2v) is 5.01. The van der Waals surface area contributed by atoms with Gasteiger partial charge in [0.15, 0.2) is 6.61 Å². The first-order chi connectivity index (χ1) is 10.7. The fourth-order valence-electron chi connectivity index (χ4n) is 2.20. The molecule has 0 saturated carbocycles. The Morgan fingerprint density at radius 2 is 2.00 bits per heavy atom. The number of para-hydroxylation sites is 1. The highest BCUT2D eigenvalue weighted by atomic mass is 16.5. The summed E-state index contributed by atoms with van der Waals surface area (Å²) in [6, 6.07) is 17.1. The zero-order valence-corrected chi connectivity index (χ0v) is 12.2. The van der Waals surface area contributed by atoms with E-state index in [1.54, 1.807) is 6.20 Å². The molecule has 2 aromatic carbocycles. The largest absolute Gasteiger partial charge is 0.483 e. The van der Waals surface area contributed by atoms with Gasteiger partial charge in [0.25, 0.3) is 5.91 Å². The van der Waals surface area contributed by atoms with E-state index in [1.165, 1.54) is 0 Å². The summed E-state index contributed by atoms with van der Waals surface area (Å²) in [4.78, 5) is 16.2. The normalized spacial score (nSPS) is 10.4. The predicted molar refractivity (Wildman–Crippen MR) is 87.0 cm³/mol. The molecule has 0 aliphatic carbocycles. The van der Waals surface area contributed by atoms with Crippen molar-refractivity contribution in [3.05, 3.63) is 66.4 Å². The van der Waals surface area contributed by atoms with Crippen molar-refractivity contribution in [3.8, 4) is 5.75 Å². The van der Waals surface area contributed by atoms with Crippen molar-refractivity contribution < 1.29 is 9.53 Å². The Balaban J connectivity index is 1.64. The average Bonchev–Trinajstić information content (AvgIpc) is 2.54. The van der Waals surface area contributed by atoms with Crippen LogP contribution in [0.4, 0.5) is 5.69 Å². The molecule has 0 saturated heterocycles. The summed E-state index contributed by atoms with van der Waals surface area (Å²) in [6.07, 6.45) is 1.73. The van der Waals surface area contributed by atoms with Crippen molar-refractivity contribution in [1.82, 2.24) is 4.98 Å². The molecule has 0 spiro atoms.